The summed E-state index contributed by atoms with van der Waals surface area (Å²) >= 11 is 2.55. The first-order chi connectivity index (χ1) is 6.75. The van der Waals surface area contributed by atoms with Crippen molar-refractivity contribution in [3.8, 4) is 0 Å². The molecule has 3 heteroatoms. The highest BCUT2D eigenvalue weighted by molar-refractivity contribution is 14.1. The van der Waals surface area contributed by atoms with Crippen LogP contribution in [0.3, 0.4) is 0 Å². The van der Waals surface area contributed by atoms with Crippen molar-refractivity contribution in [3.05, 3.63) is 35.9 Å². The molecule has 3 atom stereocenters. The maximum atomic E-state index is 2.95. The van der Waals surface area contributed by atoms with Gasteiger partial charge < -0.3 is 0 Å². The van der Waals surface area contributed by atoms with Crippen LogP contribution >= 0.6 is 31.8 Å². The molecule has 0 spiro atoms. The van der Waals surface area contributed by atoms with E-state index >= 15 is 0 Å². The Morgan fingerprint density at radius 3 is 2.57 bits per heavy atom. The molecule has 1 nitrogen and oxygen atoms in total. The molecule has 14 heavy (non-hydrogen) atoms. The topological polar surface area (TPSA) is 3.24 Å². The Morgan fingerprint density at radius 2 is 2.00 bits per heavy atom. The number of nitrogens with zero attached hydrogens (tertiary/aromatic N) is 1. The van der Waals surface area contributed by atoms with Gasteiger partial charge in [0.1, 0.15) is 0 Å². The van der Waals surface area contributed by atoms with Crippen LogP contribution in [0.25, 0.3) is 0 Å². The van der Waals surface area contributed by atoms with E-state index in [2.05, 4.69) is 67.1 Å². The lowest BCUT2D eigenvalue weighted by molar-refractivity contribution is 0.334. The second kappa shape index (κ2) is 4.91. The molecule has 0 aliphatic carbocycles. The summed E-state index contributed by atoms with van der Waals surface area (Å²) in [4.78, 5) is 2.53. The number of alkyl halides is 1. The molecule has 1 aromatic rings. The third-order valence-electron chi connectivity index (χ3n) is 2.62. The highest BCUT2D eigenvalue weighted by Gasteiger charge is 2.27. The van der Waals surface area contributed by atoms with E-state index in [1.165, 1.54) is 18.7 Å². The number of hydrogen-bond donors (Lipinski definition) is 0. The van der Waals surface area contributed by atoms with Crippen LogP contribution in [0.15, 0.2) is 30.3 Å². The summed E-state index contributed by atoms with van der Waals surface area (Å²) < 4.78 is 0.793. The molecule has 0 N–H and O–H groups in total. The van der Waals surface area contributed by atoms with Gasteiger partial charge in [-0.25, -0.2) is 0 Å². The monoisotopic (exact) mass is 319 g/mol. The Hall–Kier alpha value is 0.340. The van der Waals surface area contributed by atoms with Crippen molar-refractivity contribution in [1.29, 1.82) is 0 Å². The van der Waals surface area contributed by atoms with Gasteiger partial charge in [0, 0.05) is 23.6 Å². The highest BCUT2D eigenvalue weighted by atomic mass is 127. The first-order valence-electron chi connectivity index (χ1n) is 4.91. The van der Waals surface area contributed by atoms with Crippen molar-refractivity contribution in [2.45, 2.75) is 16.1 Å². The van der Waals surface area contributed by atoms with Gasteiger partial charge in [-0.1, -0.05) is 52.9 Å². The molecule has 0 saturated carbocycles. The number of benzene rings is 1. The minimum atomic E-state index is 0.763. The molecule has 0 radical (unpaired) electrons. The Labute approximate surface area is 102 Å². The van der Waals surface area contributed by atoms with Crippen molar-refractivity contribution in [2.75, 3.05) is 13.1 Å². The third kappa shape index (κ3) is 2.68. The largest absolute Gasteiger partial charge is 0.297 e. The van der Waals surface area contributed by atoms with E-state index in [0.29, 0.717) is 0 Å². The van der Waals surface area contributed by atoms with Gasteiger partial charge in [0.25, 0.3) is 0 Å². The quantitative estimate of drug-likeness (QED) is 0.460. The molecule has 1 unspecified atom stereocenters. The zero-order chi connectivity index (χ0) is 9.97. The van der Waals surface area contributed by atoms with Gasteiger partial charge in [0.05, 0.1) is 0 Å². The van der Waals surface area contributed by atoms with E-state index in [-0.39, 0.29) is 0 Å². The summed E-state index contributed by atoms with van der Waals surface area (Å²) in [6, 6.07) is 10.7. The Balaban J connectivity index is 1.94. The van der Waals surface area contributed by atoms with Crippen LogP contribution < -0.4 is 0 Å². The summed E-state index contributed by atoms with van der Waals surface area (Å²) in [5.41, 5.74) is 2.19. The van der Waals surface area contributed by atoms with Gasteiger partial charge in [-0.2, -0.15) is 0 Å². The molecule has 1 fully saturated rings. The molecule has 1 heterocycles. The van der Waals surface area contributed by atoms with E-state index in [1.807, 2.05) is 0 Å². The highest BCUT2D eigenvalue weighted by Crippen LogP contribution is 2.25. The van der Waals surface area contributed by atoms with Crippen LogP contribution in [-0.2, 0) is 6.54 Å². The minimum Gasteiger partial charge on any atom is -0.297 e. The maximum Gasteiger partial charge on any atom is 0.0312 e. The second-order valence-corrected chi connectivity index (χ2v) is 6.32. The third-order valence-corrected chi connectivity index (χ3v) is 5.39. The fourth-order valence-electron chi connectivity index (χ4n) is 1.84. The van der Waals surface area contributed by atoms with Gasteiger partial charge in [-0.3, -0.25) is 4.90 Å². The van der Waals surface area contributed by atoms with Crippen LogP contribution in [0, 0.1) is 0 Å². The van der Waals surface area contributed by atoms with Crippen LogP contribution in [0.5, 0.6) is 0 Å². The van der Waals surface area contributed by atoms with Crippen molar-refractivity contribution in [1.82, 2.24) is 4.90 Å². The summed E-state index contributed by atoms with van der Waals surface area (Å²) in [7, 11) is 2.95. The van der Waals surface area contributed by atoms with Crippen LogP contribution in [-0.4, -0.2) is 27.6 Å². The molecule has 1 aromatic carbocycles. The molecule has 0 aromatic heterocycles. The zero-order valence-corrected chi connectivity index (χ0v) is 11.4. The predicted octanol–water partition coefficient (Wildman–Crippen LogP) is 2.55. The average molecular weight is 319 g/mol. The maximum absolute atomic E-state index is 2.95. The second-order valence-electron chi connectivity index (χ2n) is 3.86. The van der Waals surface area contributed by atoms with Gasteiger partial charge in [0.15, 0.2) is 0 Å². The van der Waals surface area contributed by atoms with Crippen molar-refractivity contribution in [2.24, 2.45) is 0 Å². The lowest BCUT2D eigenvalue weighted by Gasteiger charge is -2.14. The van der Waals surface area contributed by atoms with Crippen molar-refractivity contribution in [3.63, 3.8) is 0 Å². The van der Waals surface area contributed by atoms with Gasteiger partial charge in [0.2, 0.25) is 0 Å². The molecule has 1 saturated heterocycles. The smallest absolute Gasteiger partial charge is 0.0312 e. The number of likely N-dealkylation sites (tertiary alicyclic amines) is 1. The molecular formula is C11H15INP. The molecule has 1 aliphatic heterocycles. The number of rotatable bonds is 2. The molecule has 0 amide bonds. The first-order valence-corrected chi connectivity index (χ1v) is 6.83. The SMILES string of the molecule is P[C@@H]1CN(Cc2ccccc2)C[C@H]1I. The number of halogens is 1. The predicted molar refractivity (Wildman–Crippen MR) is 73.0 cm³/mol. The summed E-state index contributed by atoms with van der Waals surface area (Å²) in [5, 5.41) is 0. The summed E-state index contributed by atoms with van der Waals surface area (Å²) in [6.07, 6.45) is 0. The van der Waals surface area contributed by atoms with E-state index in [4.69, 9.17) is 0 Å². The van der Waals surface area contributed by atoms with E-state index in [0.717, 1.165) is 16.1 Å². The lowest BCUT2D eigenvalue weighted by Crippen LogP contribution is -2.20. The Morgan fingerprint density at radius 1 is 1.29 bits per heavy atom. The zero-order valence-electron chi connectivity index (χ0n) is 8.07. The van der Waals surface area contributed by atoms with Crippen LogP contribution in [0.2, 0.25) is 0 Å². The minimum absolute atomic E-state index is 0.763. The Bertz CT molecular complexity index is 281. The molecule has 76 valence electrons. The molecule has 1 aliphatic rings. The Kier molecular flexibility index (Phi) is 3.80. The fraction of sp³-hybridized carbons (Fsp3) is 0.455. The fourth-order valence-corrected chi connectivity index (χ4v) is 3.04. The van der Waals surface area contributed by atoms with Gasteiger partial charge in [-0.05, 0) is 11.2 Å². The molecule has 2 rings (SSSR count). The summed E-state index contributed by atoms with van der Waals surface area (Å²) in [6.45, 7) is 3.54. The van der Waals surface area contributed by atoms with E-state index < -0.39 is 0 Å². The molecule has 0 bridgehead atoms. The van der Waals surface area contributed by atoms with Gasteiger partial charge in [-0.15, -0.1) is 9.24 Å². The summed E-state index contributed by atoms with van der Waals surface area (Å²) in [5.74, 6) is 0. The first kappa shape index (κ1) is 10.8. The van der Waals surface area contributed by atoms with Crippen LogP contribution in [0.4, 0.5) is 0 Å². The van der Waals surface area contributed by atoms with E-state index in [9.17, 15) is 0 Å². The lowest BCUT2D eigenvalue weighted by atomic mass is 10.2. The molecular weight excluding hydrogens is 304 g/mol. The van der Waals surface area contributed by atoms with E-state index in [1.54, 1.807) is 0 Å². The average Bonchev–Trinajstić information content (AvgIpc) is 2.47. The van der Waals surface area contributed by atoms with Crippen LogP contribution in [0.1, 0.15) is 5.56 Å². The van der Waals surface area contributed by atoms with Gasteiger partial charge >= 0.3 is 0 Å². The number of hydrogen-bond acceptors (Lipinski definition) is 1. The van der Waals surface area contributed by atoms with Crippen molar-refractivity contribution >= 4 is 31.8 Å². The standard InChI is InChI=1S/C11H15INP/c12-10-7-13(8-11(10)14)6-9-4-2-1-3-5-9/h1-5,10-11H,6-8,14H2/t10-,11-/m1/s1. The normalized spacial score (nSPS) is 28.1. The van der Waals surface area contributed by atoms with Crippen molar-refractivity contribution < 1.29 is 0 Å².